The van der Waals surface area contributed by atoms with Gasteiger partial charge in [0.05, 0.1) is 0 Å². The summed E-state index contributed by atoms with van der Waals surface area (Å²) in [6.07, 6.45) is 3.31. The number of nitrogens with two attached hydrogens (primary N) is 1. The molecule has 1 rings (SSSR count). The van der Waals surface area contributed by atoms with Gasteiger partial charge in [-0.1, -0.05) is 0 Å². The highest BCUT2D eigenvalue weighted by atomic mass is 16.3. The van der Waals surface area contributed by atoms with Crippen molar-refractivity contribution in [3.63, 3.8) is 0 Å². The minimum atomic E-state index is 0.112. The van der Waals surface area contributed by atoms with E-state index in [2.05, 4.69) is 23.9 Å². The average molecular weight is 229 g/mol. The number of piperidine rings is 1. The maximum absolute atomic E-state index is 8.80. The molecule has 0 aromatic carbocycles. The Morgan fingerprint density at radius 1 is 1.44 bits per heavy atom. The van der Waals surface area contributed by atoms with Crippen molar-refractivity contribution in [2.75, 3.05) is 46.9 Å². The standard InChI is InChI=1S/C12H27N3O/c1-14-6-3-11(4-7-14)9-15(2)10-12(13)5-8-16/h11-12,16H,3-10,13H2,1-2H3. The van der Waals surface area contributed by atoms with Crippen LogP contribution in [-0.4, -0.2) is 67.8 Å². The Bertz CT molecular complexity index is 181. The van der Waals surface area contributed by atoms with Gasteiger partial charge in [0, 0.05) is 25.7 Å². The molecule has 4 nitrogen and oxygen atoms in total. The summed E-state index contributed by atoms with van der Waals surface area (Å²) in [7, 11) is 4.33. The minimum absolute atomic E-state index is 0.112. The molecule has 3 N–H and O–H groups in total. The molecule has 0 radical (unpaired) electrons. The van der Waals surface area contributed by atoms with Crippen molar-refractivity contribution in [2.24, 2.45) is 11.7 Å². The number of likely N-dealkylation sites (tertiary alicyclic amines) is 1. The Balaban J connectivity index is 2.15. The molecule has 1 aliphatic heterocycles. The number of aliphatic hydroxyl groups is 1. The topological polar surface area (TPSA) is 52.7 Å². The summed E-state index contributed by atoms with van der Waals surface area (Å²) >= 11 is 0. The Kier molecular flexibility index (Phi) is 6.28. The summed E-state index contributed by atoms with van der Waals surface area (Å²) in [5, 5.41) is 8.80. The maximum Gasteiger partial charge on any atom is 0.0446 e. The van der Waals surface area contributed by atoms with E-state index in [1.54, 1.807) is 0 Å². The molecular formula is C12H27N3O. The Morgan fingerprint density at radius 2 is 2.06 bits per heavy atom. The zero-order valence-electron chi connectivity index (χ0n) is 10.7. The normalized spacial score (nSPS) is 21.6. The molecule has 0 amide bonds. The van der Waals surface area contributed by atoms with Crippen molar-refractivity contribution < 1.29 is 5.11 Å². The molecular weight excluding hydrogens is 202 g/mol. The van der Waals surface area contributed by atoms with Gasteiger partial charge in [-0.3, -0.25) is 0 Å². The highest BCUT2D eigenvalue weighted by molar-refractivity contribution is 4.74. The van der Waals surface area contributed by atoms with Gasteiger partial charge in [-0.05, 0) is 52.4 Å². The van der Waals surface area contributed by atoms with Crippen molar-refractivity contribution in [1.29, 1.82) is 0 Å². The monoisotopic (exact) mass is 229 g/mol. The first-order chi connectivity index (χ1) is 7.61. The second kappa shape index (κ2) is 7.22. The van der Waals surface area contributed by atoms with Gasteiger partial charge < -0.3 is 20.6 Å². The van der Waals surface area contributed by atoms with Crippen LogP contribution in [0.4, 0.5) is 0 Å². The Hall–Kier alpha value is -0.160. The van der Waals surface area contributed by atoms with Crippen LogP contribution < -0.4 is 5.73 Å². The van der Waals surface area contributed by atoms with E-state index >= 15 is 0 Å². The van der Waals surface area contributed by atoms with Crippen LogP contribution in [0, 0.1) is 5.92 Å². The van der Waals surface area contributed by atoms with Crippen LogP contribution in [0.3, 0.4) is 0 Å². The first-order valence-corrected chi connectivity index (χ1v) is 6.35. The van der Waals surface area contributed by atoms with E-state index in [4.69, 9.17) is 10.8 Å². The van der Waals surface area contributed by atoms with Crippen molar-refractivity contribution in [3.05, 3.63) is 0 Å². The highest BCUT2D eigenvalue weighted by Gasteiger charge is 2.18. The zero-order chi connectivity index (χ0) is 12.0. The molecule has 96 valence electrons. The van der Waals surface area contributed by atoms with Crippen LogP contribution in [0.2, 0.25) is 0 Å². The molecule has 1 heterocycles. The van der Waals surface area contributed by atoms with Gasteiger partial charge in [0.2, 0.25) is 0 Å². The van der Waals surface area contributed by atoms with Crippen LogP contribution >= 0.6 is 0 Å². The largest absolute Gasteiger partial charge is 0.396 e. The predicted molar refractivity (Wildman–Crippen MR) is 67.4 cm³/mol. The van der Waals surface area contributed by atoms with Gasteiger partial charge in [0.15, 0.2) is 0 Å². The van der Waals surface area contributed by atoms with Gasteiger partial charge in [-0.25, -0.2) is 0 Å². The summed E-state index contributed by atoms with van der Waals surface area (Å²) in [5.74, 6) is 0.822. The van der Waals surface area contributed by atoms with Crippen molar-refractivity contribution in [2.45, 2.75) is 25.3 Å². The first kappa shape index (κ1) is 13.9. The molecule has 0 saturated carbocycles. The van der Waals surface area contributed by atoms with Crippen LogP contribution in [0.25, 0.3) is 0 Å². The molecule has 0 aliphatic carbocycles. The fourth-order valence-corrected chi connectivity index (χ4v) is 2.42. The number of nitrogens with zero attached hydrogens (tertiary/aromatic N) is 2. The van der Waals surface area contributed by atoms with E-state index in [-0.39, 0.29) is 12.6 Å². The zero-order valence-corrected chi connectivity index (χ0v) is 10.7. The second-order valence-corrected chi connectivity index (χ2v) is 5.24. The molecule has 1 saturated heterocycles. The number of likely N-dealkylation sites (N-methyl/N-ethyl adjacent to an activating group) is 1. The fourth-order valence-electron chi connectivity index (χ4n) is 2.42. The molecule has 1 atom stereocenters. The molecule has 0 aromatic rings. The fraction of sp³-hybridized carbons (Fsp3) is 1.00. The summed E-state index contributed by atoms with van der Waals surface area (Å²) < 4.78 is 0. The number of aliphatic hydroxyl groups excluding tert-OH is 1. The van der Waals surface area contributed by atoms with Crippen LogP contribution in [-0.2, 0) is 0 Å². The summed E-state index contributed by atoms with van der Waals surface area (Å²) in [6.45, 7) is 4.69. The van der Waals surface area contributed by atoms with Gasteiger partial charge >= 0.3 is 0 Å². The third kappa shape index (κ3) is 5.25. The van der Waals surface area contributed by atoms with Crippen LogP contribution in [0.1, 0.15) is 19.3 Å². The summed E-state index contributed by atoms with van der Waals surface area (Å²) in [6, 6.07) is 0.112. The lowest BCUT2D eigenvalue weighted by Gasteiger charge is -2.32. The van der Waals surface area contributed by atoms with E-state index in [0.29, 0.717) is 6.42 Å². The van der Waals surface area contributed by atoms with E-state index in [1.165, 1.54) is 25.9 Å². The van der Waals surface area contributed by atoms with Crippen molar-refractivity contribution >= 4 is 0 Å². The lowest BCUT2D eigenvalue weighted by molar-refractivity contribution is 0.168. The van der Waals surface area contributed by atoms with E-state index in [1.807, 2.05) is 0 Å². The Morgan fingerprint density at radius 3 is 2.62 bits per heavy atom. The minimum Gasteiger partial charge on any atom is -0.396 e. The molecule has 1 aliphatic rings. The van der Waals surface area contributed by atoms with Gasteiger partial charge in [0.1, 0.15) is 0 Å². The summed E-state index contributed by atoms with van der Waals surface area (Å²) in [5.41, 5.74) is 5.90. The first-order valence-electron chi connectivity index (χ1n) is 6.35. The van der Waals surface area contributed by atoms with Crippen LogP contribution in [0.15, 0.2) is 0 Å². The predicted octanol–water partition coefficient (Wildman–Crippen LogP) is -0.0303. The second-order valence-electron chi connectivity index (χ2n) is 5.24. The average Bonchev–Trinajstić information content (AvgIpc) is 2.21. The highest BCUT2D eigenvalue weighted by Crippen LogP contribution is 2.16. The molecule has 1 fully saturated rings. The molecule has 4 heteroatoms. The number of rotatable bonds is 6. The quantitative estimate of drug-likeness (QED) is 0.671. The van der Waals surface area contributed by atoms with E-state index in [9.17, 15) is 0 Å². The van der Waals surface area contributed by atoms with Crippen LogP contribution in [0.5, 0.6) is 0 Å². The smallest absolute Gasteiger partial charge is 0.0446 e. The van der Waals surface area contributed by atoms with Crippen molar-refractivity contribution in [1.82, 2.24) is 9.80 Å². The van der Waals surface area contributed by atoms with Crippen molar-refractivity contribution in [3.8, 4) is 0 Å². The molecule has 0 spiro atoms. The third-order valence-electron chi connectivity index (χ3n) is 3.45. The number of hydrogen-bond acceptors (Lipinski definition) is 4. The Labute approximate surface area is 99.4 Å². The van der Waals surface area contributed by atoms with E-state index < -0.39 is 0 Å². The van der Waals surface area contributed by atoms with Gasteiger partial charge in [-0.2, -0.15) is 0 Å². The molecule has 1 unspecified atom stereocenters. The molecule has 0 bridgehead atoms. The van der Waals surface area contributed by atoms with Gasteiger partial charge in [-0.15, -0.1) is 0 Å². The molecule has 16 heavy (non-hydrogen) atoms. The summed E-state index contributed by atoms with van der Waals surface area (Å²) in [4.78, 5) is 4.71. The SMILES string of the molecule is CN1CCC(CN(C)CC(N)CCO)CC1. The molecule has 0 aromatic heterocycles. The maximum atomic E-state index is 8.80. The van der Waals surface area contributed by atoms with Gasteiger partial charge in [0.25, 0.3) is 0 Å². The third-order valence-corrected chi connectivity index (χ3v) is 3.45. The number of hydrogen-bond donors (Lipinski definition) is 2. The van der Waals surface area contributed by atoms with E-state index in [0.717, 1.165) is 19.0 Å². The lowest BCUT2D eigenvalue weighted by atomic mass is 9.96. The lowest BCUT2D eigenvalue weighted by Crippen LogP contribution is -2.40.